The summed E-state index contributed by atoms with van der Waals surface area (Å²) in [5, 5.41) is 6.33. The molecule has 0 bridgehead atoms. The maximum absolute atomic E-state index is 12.4. The molecule has 1 N–H and O–H groups in total. The number of ether oxygens (including phenoxy) is 1. The van der Waals surface area contributed by atoms with Gasteiger partial charge in [-0.15, -0.1) is 0 Å². The number of aryl methyl sites for hydroxylation is 1. The molecule has 1 aliphatic heterocycles. The van der Waals surface area contributed by atoms with Gasteiger partial charge in [-0.1, -0.05) is 22.9 Å². The number of hydrogen-bond acceptors (Lipinski definition) is 5. The van der Waals surface area contributed by atoms with Gasteiger partial charge in [0.2, 0.25) is 0 Å². The summed E-state index contributed by atoms with van der Waals surface area (Å²) >= 11 is 0. The van der Waals surface area contributed by atoms with E-state index in [4.69, 9.17) is 4.74 Å². The number of amides is 2. The number of nitrogens with one attached hydrogen (secondary N) is 1. The van der Waals surface area contributed by atoms with Crippen molar-refractivity contribution in [2.45, 2.75) is 25.8 Å². The highest BCUT2D eigenvalue weighted by Crippen LogP contribution is 2.18. The van der Waals surface area contributed by atoms with Gasteiger partial charge in [-0.2, -0.15) is 0 Å². The molecule has 2 amide bonds. The lowest BCUT2D eigenvalue weighted by Crippen LogP contribution is -2.44. The predicted octanol–water partition coefficient (Wildman–Crippen LogP) is 1.78. The number of carbonyl (C=O) groups is 2. The zero-order chi connectivity index (χ0) is 17.6. The normalized spacial score (nSPS) is 16.7. The van der Waals surface area contributed by atoms with Crippen molar-refractivity contribution >= 4 is 11.8 Å². The standard InChI is InChI=1S/C18H21N3O4/c1-13-4-6-16(7-5-13)24-12-17(22)21-8-2-3-15(21)10-19-18(23)14-9-20-25-11-14/h4-7,9,11,15H,2-3,8,10,12H2,1H3,(H,19,23)/t15-/m0/s1. The van der Waals surface area contributed by atoms with Crippen molar-refractivity contribution in [3.05, 3.63) is 47.9 Å². The van der Waals surface area contributed by atoms with Gasteiger partial charge < -0.3 is 19.5 Å². The van der Waals surface area contributed by atoms with Crippen molar-refractivity contribution in [2.75, 3.05) is 19.7 Å². The number of rotatable bonds is 6. The number of aromatic nitrogens is 1. The molecular formula is C18H21N3O4. The second-order valence-electron chi connectivity index (χ2n) is 6.11. The highest BCUT2D eigenvalue weighted by atomic mass is 16.5. The molecule has 132 valence electrons. The Labute approximate surface area is 145 Å². The Balaban J connectivity index is 1.49. The Kier molecular flexibility index (Phi) is 5.33. The van der Waals surface area contributed by atoms with Crippen LogP contribution in [0.25, 0.3) is 0 Å². The Morgan fingerprint density at radius 3 is 2.88 bits per heavy atom. The van der Waals surface area contributed by atoms with E-state index in [-0.39, 0.29) is 24.5 Å². The quantitative estimate of drug-likeness (QED) is 0.864. The van der Waals surface area contributed by atoms with Crippen LogP contribution in [0.1, 0.15) is 28.8 Å². The van der Waals surface area contributed by atoms with Crippen LogP contribution in [0.15, 0.2) is 41.2 Å². The van der Waals surface area contributed by atoms with E-state index in [1.54, 1.807) is 4.90 Å². The minimum atomic E-state index is -0.253. The molecule has 7 nitrogen and oxygen atoms in total. The number of likely N-dealkylation sites (tertiary alicyclic amines) is 1. The van der Waals surface area contributed by atoms with Crippen molar-refractivity contribution in [3.63, 3.8) is 0 Å². The van der Waals surface area contributed by atoms with Gasteiger partial charge in [-0.05, 0) is 31.9 Å². The zero-order valence-corrected chi connectivity index (χ0v) is 14.1. The smallest absolute Gasteiger partial charge is 0.260 e. The topological polar surface area (TPSA) is 84.7 Å². The summed E-state index contributed by atoms with van der Waals surface area (Å²) in [6, 6.07) is 7.57. The van der Waals surface area contributed by atoms with Crippen LogP contribution in [0.3, 0.4) is 0 Å². The largest absolute Gasteiger partial charge is 0.484 e. The molecule has 0 saturated carbocycles. The van der Waals surface area contributed by atoms with E-state index >= 15 is 0 Å². The van der Waals surface area contributed by atoms with Gasteiger partial charge in [-0.25, -0.2) is 0 Å². The van der Waals surface area contributed by atoms with Gasteiger partial charge in [0.25, 0.3) is 11.8 Å². The minimum Gasteiger partial charge on any atom is -0.484 e. The summed E-state index contributed by atoms with van der Waals surface area (Å²) in [5.74, 6) is 0.356. The molecule has 0 spiro atoms. The van der Waals surface area contributed by atoms with Gasteiger partial charge in [0, 0.05) is 19.1 Å². The molecule has 1 fully saturated rings. The van der Waals surface area contributed by atoms with Gasteiger partial charge in [0.15, 0.2) is 6.61 Å². The summed E-state index contributed by atoms with van der Waals surface area (Å²) in [4.78, 5) is 26.2. The van der Waals surface area contributed by atoms with Gasteiger partial charge >= 0.3 is 0 Å². The fourth-order valence-corrected chi connectivity index (χ4v) is 2.87. The first-order valence-corrected chi connectivity index (χ1v) is 8.30. The lowest BCUT2D eigenvalue weighted by Gasteiger charge is -2.25. The second kappa shape index (κ2) is 7.83. The Morgan fingerprint density at radius 2 is 2.16 bits per heavy atom. The van der Waals surface area contributed by atoms with Crippen LogP contribution in [-0.2, 0) is 4.79 Å². The third kappa shape index (κ3) is 4.37. The van der Waals surface area contributed by atoms with Crippen LogP contribution in [0.5, 0.6) is 5.75 Å². The van der Waals surface area contributed by atoms with E-state index in [0.717, 1.165) is 18.4 Å². The van der Waals surface area contributed by atoms with E-state index in [9.17, 15) is 9.59 Å². The van der Waals surface area contributed by atoms with E-state index in [0.29, 0.717) is 24.4 Å². The number of nitrogens with zero attached hydrogens (tertiary/aromatic N) is 2. The van der Waals surface area contributed by atoms with Gasteiger partial charge in [-0.3, -0.25) is 9.59 Å². The van der Waals surface area contributed by atoms with Gasteiger partial charge in [0.1, 0.15) is 12.0 Å². The molecule has 0 aliphatic carbocycles. The average molecular weight is 343 g/mol. The van der Waals surface area contributed by atoms with Crippen LogP contribution in [0, 0.1) is 6.92 Å². The van der Waals surface area contributed by atoms with Crippen molar-refractivity contribution in [3.8, 4) is 5.75 Å². The molecular weight excluding hydrogens is 322 g/mol. The Hall–Kier alpha value is -2.83. The van der Waals surface area contributed by atoms with Crippen LogP contribution in [0.2, 0.25) is 0 Å². The Morgan fingerprint density at radius 1 is 1.36 bits per heavy atom. The third-order valence-electron chi connectivity index (χ3n) is 4.27. The Bertz CT molecular complexity index is 712. The molecule has 3 rings (SSSR count). The summed E-state index contributed by atoms with van der Waals surface area (Å²) < 4.78 is 10.2. The molecule has 2 heterocycles. The summed E-state index contributed by atoms with van der Waals surface area (Å²) in [6.45, 7) is 3.08. The minimum absolute atomic E-state index is 0.000835. The molecule has 25 heavy (non-hydrogen) atoms. The monoisotopic (exact) mass is 343 g/mol. The average Bonchev–Trinajstić information content (AvgIpc) is 3.30. The summed E-state index contributed by atoms with van der Waals surface area (Å²) in [5.41, 5.74) is 1.51. The van der Waals surface area contributed by atoms with Crippen molar-refractivity contribution < 1.29 is 18.8 Å². The molecule has 1 atom stereocenters. The molecule has 1 aliphatic rings. The van der Waals surface area contributed by atoms with Gasteiger partial charge in [0.05, 0.1) is 11.8 Å². The zero-order valence-electron chi connectivity index (χ0n) is 14.1. The maximum Gasteiger partial charge on any atom is 0.260 e. The van der Waals surface area contributed by atoms with E-state index in [1.165, 1.54) is 12.5 Å². The first-order valence-electron chi connectivity index (χ1n) is 8.30. The predicted molar refractivity (Wildman–Crippen MR) is 90.2 cm³/mol. The van der Waals surface area contributed by atoms with Crippen LogP contribution >= 0.6 is 0 Å². The van der Waals surface area contributed by atoms with E-state index < -0.39 is 0 Å². The molecule has 1 saturated heterocycles. The van der Waals surface area contributed by atoms with E-state index in [1.807, 2.05) is 31.2 Å². The van der Waals surface area contributed by atoms with Crippen LogP contribution < -0.4 is 10.1 Å². The highest BCUT2D eigenvalue weighted by Gasteiger charge is 2.29. The molecule has 1 aromatic heterocycles. The first kappa shape index (κ1) is 17.0. The lowest BCUT2D eigenvalue weighted by atomic mass is 10.2. The number of carbonyl (C=O) groups excluding carboxylic acids is 2. The molecule has 0 unspecified atom stereocenters. The summed E-state index contributed by atoms with van der Waals surface area (Å²) in [6.07, 6.45) is 4.44. The molecule has 1 aromatic carbocycles. The highest BCUT2D eigenvalue weighted by molar-refractivity contribution is 5.93. The molecule has 0 radical (unpaired) electrons. The molecule has 7 heteroatoms. The molecule has 2 aromatic rings. The summed E-state index contributed by atoms with van der Waals surface area (Å²) in [7, 11) is 0. The van der Waals surface area contributed by atoms with E-state index in [2.05, 4.69) is 15.0 Å². The van der Waals surface area contributed by atoms with Crippen LogP contribution in [-0.4, -0.2) is 47.6 Å². The lowest BCUT2D eigenvalue weighted by molar-refractivity contribution is -0.134. The first-order chi connectivity index (χ1) is 12.1. The fourth-order valence-electron chi connectivity index (χ4n) is 2.87. The number of benzene rings is 1. The third-order valence-corrected chi connectivity index (χ3v) is 4.27. The maximum atomic E-state index is 12.4. The van der Waals surface area contributed by atoms with Crippen molar-refractivity contribution in [2.24, 2.45) is 0 Å². The number of hydrogen-bond donors (Lipinski definition) is 1. The van der Waals surface area contributed by atoms with Crippen LogP contribution in [0.4, 0.5) is 0 Å². The fraction of sp³-hybridized carbons (Fsp3) is 0.389. The SMILES string of the molecule is Cc1ccc(OCC(=O)N2CCC[C@H]2CNC(=O)c2cnoc2)cc1. The van der Waals surface area contributed by atoms with Crippen molar-refractivity contribution in [1.29, 1.82) is 0 Å². The van der Waals surface area contributed by atoms with Crippen molar-refractivity contribution in [1.82, 2.24) is 15.4 Å². The second-order valence-corrected chi connectivity index (χ2v) is 6.11.